The van der Waals surface area contributed by atoms with Crippen LogP contribution in [-0.4, -0.2) is 46.4 Å². The highest BCUT2D eigenvalue weighted by atomic mass is 15.2. The molecule has 1 aromatic heterocycles. The first-order valence-electron chi connectivity index (χ1n) is 7.28. The molecule has 100 valence electrons. The lowest BCUT2D eigenvalue weighted by Crippen LogP contribution is -2.45. The molecule has 0 bridgehead atoms. The largest absolute Gasteiger partial charge is 0.312 e. The Kier molecular flexibility index (Phi) is 3.66. The van der Waals surface area contributed by atoms with Crippen molar-refractivity contribution in [3.05, 3.63) is 18.0 Å². The minimum atomic E-state index is 0.724. The predicted molar refractivity (Wildman–Crippen MR) is 72.5 cm³/mol. The van der Waals surface area contributed by atoms with Crippen LogP contribution in [0.5, 0.6) is 0 Å². The summed E-state index contributed by atoms with van der Waals surface area (Å²) < 4.78 is 1.88. The topological polar surface area (TPSA) is 33.1 Å². The first-order valence-corrected chi connectivity index (χ1v) is 7.28. The van der Waals surface area contributed by atoms with Crippen LogP contribution >= 0.6 is 0 Å². The van der Waals surface area contributed by atoms with E-state index in [9.17, 15) is 0 Å². The molecule has 2 aliphatic rings. The molecule has 18 heavy (non-hydrogen) atoms. The van der Waals surface area contributed by atoms with Crippen LogP contribution in [0.3, 0.4) is 0 Å². The standard InChI is InChI=1S/C14H24N4/c1-17-11-12(10-16-17)5-7-15-13-6-9-18-8-3-2-4-14(13)18/h10-11,13-15H,2-9H2,1H3. The SMILES string of the molecule is Cn1cc(CCNC2CCN3CCCCC23)cn1. The molecule has 0 saturated carbocycles. The Labute approximate surface area is 109 Å². The van der Waals surface area contributed by atoms with Crippen LogP contribution in [0.4, 0.5) is 0 Å². The van der Waals surface area contributed by atoms with E-state index in [1.165, 1.54) is 44.3 Å². The lowest BCUT2D eigenvalue weighted by atomic mass is 9.99. The zero-order valence-electron chi connectivity index (χ0n) is 11.3. The highest BCUT2D eigenvalue weighted by Crippen LogP contribution is 2.26. The molecule has 0 aromatic carbocycles. The van der Waals surface area contributed by atoms with Crippen LogP contribution in [0.2, 0.25) is 0 Å². The molecule has 0 aliphatic carbocycles. The van der Waals surface area contributed by atoms with Crippen molar-refractivity contribution in [2.24, 2.45) is 7.05 Å². The summed E-state index contributed by atoms with van der Waals surface area (Å²) in [5.41, 5.74) is 1.34. The van der Waals surface area contributed by atoms with E-state index in [-0.39, 0.29) is 0 Å². The summed E-state index contributed by atoms with van der Waals surface area (Å²) in [5, 5.41) is 7.97. The number of nitrogens with one attached hydrogen (secondary N) is 1. The molecule has 1 N–H and O–H groups in total. The van der Waals surface area contributed by atoms with Crippen molar-refractivity contribution >= 4 is 0 Å². The van der Waals surface area contributed by atoms with Gasteiger partial charge < -0.3 is 5.32 Å². The number of aromatic nitrogens is 2. The van der Waals surface area contributed by atoms with Crippen molar-refractivity contribution < 1.29 is 0 Å². The first kappa shape index (κ1) is 12.2. The van der Waals surface area contributed by atoms with E-state index in [0.717, 1.165) is 25.0 Å². The zero-order valence-corrected chi connectivity index (χ0v) is 11.3. The second-order valence-corrected chi connectivity index (χ2v) is 5.72. The van der Waals surface area contributed by atoms with Crippen LogP contribution in [0.1, 0.15) is 31.2 Å². The Bertz CT molecular complexity index is 387. The van der Waals surface area contributed by atoms with Crippen LogP contribution < -0.4 is 5.32 Å². The lowest BCUT2D eigenvalue weighted by molar-refractivity contribution is 0.181. The molecule has 0 radical (unpaired) electrons. The summed E-state index contributed by atoms with van der Waals surface area (Å²) in [6.07, 6.45) is 10.7. The van der Waals surface area contributed by atoms with Crippen molar-refractivity contribution in [3.63, 3.8) is 0 Å². The summed E-state index contributed by atoms with van der Waals surface area (Å²) in [7, 11) is 1.98. The number of aryl methyl sites for hydroxylation is 1. The molecule has 2 atom stereocenters. The summed E-state index contributed by atoms with van der Waals surface area (Å²) in [6.45, 7) is 3.71. The lowest BCUT2D eigenvalue weighted by Gasteiger charge is -2.32. The van der Waals surface area contributed by atoms with Gasteiger partial charge in [0, 0.05) is 31.9 Å². The number of rotatable bonds is 4. The molecule has 4 heteroatoms. The fourth-order valence-corrected chi connectivity index (χ4v) is 3.49. The Morgan fingerprint density at radius 3 is 3.11 bits per heavy atom. The van der Waals surface area contributed by atoms with Gasteiger partial charge in [-0.05, 0) is 44.3 Å². The molecular formula is C14H24N4. The van der Waals surface area contributed by atoms with Gasteiger partial charge in [0.2, 0.25) is 0 Å². The van der Waals surface area contributed by atoms with Crippen LogP contribution in [0.15, 0.2) is 12.4 Å². The quantitative estimate of drug-likeness (QED) is 0.868. The minimum Gasteiger partial charge on any atom is -0.312 e. The predicted octanol–water partition coefficient (Wildman–Crippen LogP) is 1.18. The molecule has 2 aliphatic heterocycles. The van der Waals surface area contributed by atoms with E-state index in [0.29, 0.717) is 0 Å². The van der Waals surface area contributed by atoms with Crippen molar-refractivity contribution in [1.29, 1.82) is 0 Å². The minimum absolute atomic E-state index is 0.724. The van der Waals surface area contributed by atoms with Gasteiger partial charge in [-0.1, -0.05) is 6.42 Å². The zero-order chi connectivity index (χ0) is 12.4. The molecule has 4 nitrogen and oxygen atoms in total. The Morgan fingerprint density at radius 1 is 1.33 bits per heavy atom. The van der Waals surface area contributed by atoms with E-state index < -0.39 is 0 Å². The van der Waals surface area contributed by atoms with Crippen LogP contribution in [0.25, 0.3) is 0 Å². The van der Waals surface area contributed by atoms with Crippen molar-refractivity contribution in [1.82, 2.24) is 20.0 Å². The summed E-state index contributed by atoms with van der Waals surface area (Å²) >= 11 is 0. The summed E-state index contributed by atoms with van der Waals surface area (Å²) in [5.74, 6) is 0. The highest BCUT2D eigenvalue weighted by Gasteiger charge is 2.34. The number of hydrogen-bond acceptors (Lipinski definition) is 3. The molecule has 1 aromatic rings. The maximum atomic E-state index is 4.21. The van der Waals surface area contributed by atoms with E-state index >= 15 is 0 Å². The second-order valence-electron chi connectivity index (χ2n) is 5.72. The average Bonchev–Trinajstić information content (AvgIpc) is 2.97. The van der Waals surface area contributed by atoms with Gasteiger partial charge in [-0.15, -0.1) is 0 Å². The molecule has 2 fully saturated rings. The maximum absolute atomic E-state index is 4.21. The maximum Gasteiger partial charge on any atom is 0.0522 e. The highest BCUT2D eigenvalue weighted by molar-refractivity contribution is 5.04. The monoisotopic (exact) mass is 248 g/mol. The number of hydrogen-bond donors (Lipinski definition) is 1. The first-order chi connectivity index (χ1) is 8.83. The van der Waals surface area contributed by atoms with E-state index in [1.54, 1.807) is 0 Å². The number of fused-ring (bicyclic) bond motifs is 1. The fourth-order valence-electron chi connectivity index (χ4n) is 3.49. The molecular weight excluding hydrogens is 224 g/mol. The van der Waals surface area contributed by atoms with Crippen molar-refractivity contribution in [2.75, 3.05) is 19.6 Å². The van der Waals surface area contributed by atoms with Crippen LogP contribution in [-0.2, 0) is 13.5 Å². The number of piperidine rings is 1. The van der Waals surface area contributed by atoms with Gasteiger partial charge in [0.15, 0.2) is 0 Å². The van der Waals surface area contributed by atoms with Gasteiger partial charge in [0.1, 0.15) is 0 Å². The molecule has 3 heterocycles. The van der Waals surface area contributed by atoms with Gasteiger partial charge in [0.25, 0.3) is 0 Å². The van der Waals surface area contributed by atoms with E-state index in [4.69, 9.17) is 0 Å². The Hall–Kier alpha value is -0.870. The molecule has 0 spiro atoms. The second kappa shape index (κ2) is 5.41. The molecule has 3 rings (SSSR count). The Morgan fingerprint density at radius 2 is 2.28 bits per heavy atom. The van der Waals surface area contributed by atoms with Crippen molar-refractivity contribution in [3.8, 4) is 0 Å². The molecule has 0 amide bonds. The third-order valence-electron chi connectivity index (χ3n) is 4.43. The smallest absolute Gasteiger partial charge is 0.0522 e. The third-order valence-corrected chi connectivity index (χ3v) is 4.43. The average molecular weight is 248 g/mol. The Balaban J connectivity index is 1.46. The van der Waals surface area contributed by atoms with Crippen molar-refractivity contribution in [2.45, 2.75) is 44.2 Å². The fraction of sp³-hybridized carbons (Fsp3) is 0.786. The van der Waals surface area contributed by atoms with E-state index in [2.05, 4.69) is 21.5 Å². The van der Waals surface area contributed by atoms with Gasteiger partial charge in [-0.3, -0.25) is 9.58 Å². The third kappa shape index (κ3) is 2.59. The van der Waals surface area contributed by atoms with Crippen LogP contribution in [0, 0.1) is 0 Å². The molecule has 2 saturated heterocycles. The van der Waals surface area contributed by atoms with E-state index in [1.807, 2.05) is 17.9 Å². The summed E-state index contributed by atoms with van der Waals surface area (Å²) in [6, 6.07) is 1.54. The van der Waals surface area contributed by atoms with Gasteiger partial charge in [-0.25, -0.2) is 0 Å². The van der Waals surface area contributed by atoms with Gasteiger partial charge >= 0.3 is 0 Å². The molecule has 2 unspecified atom stereocenters. The van der Waals surface area contributed by atoms with Gasteiger partial charge in [-0.2, -0.15) is 5.10 Å². The summed E-state index contributed by atoms with van der Waals surface area (Å²) in [4.78, 5) is 2.69. The van der Waals surface area contributed by atoms with Gasteiger partial charge in [0.05, 0.1) is 6.20 Å². The number of nitrogens with zero attached hydrogens (tertiary/aromatic N) is 3. The normalized spacial score (nSPS) is 28.5.